The Morgan fingerprint density at radius 3 is 2.48 bits per heavy atom. The Morgan fingerprint density at radius 2 is 1.76 bits per heavy atom. The second-order valence-corrected chi connectivity index (χ2v) is 5.17. The van der Waals surface area contributed by atoms with Gasteiger partial charge in [0.25, 0.3) is 0 Å². The molecule has 0 spiro atoms. The molecule has 0 aliphatic heterocycles. The Morgan fingerprint density at radius 1 is 1.10 bits per heavy atom. The van der Waals surface area contributed by atoms with E-state index in [0.717, 1.165) is 5.56 Å². The molecule has 2 rings (SSSR count). The van der Waals surface area contributed by atoms with Gasteiger partial charge in [0.05, 0.1) is 10.7 Å². The normalized spacial score (nSPS) is 11.7. The number of urea groups is 1. The minimum absolute atomic E-state index is 0.135. The summed E-state index contributed by atoms with van der Waals surface area (Å²) in [5.74, 6) is 0. The number of carbonyl (C=O) groups excluding carboxylic acids is 1. The number of nitrogens with two attached hydrogens (primary N) is 1. The molecule has 0 saturated heterocycles. The predicted molar refractivity (Wildman–Crippen MR) is 86.6 cm³/mol. The van der Waals surface area contributed by atoms with Gasteiger partial charge >= 0.3 is 6.03 Å². The number of carbonyl (C=O) groups is 1. The highest BCUT2D eigenvalue weighted by atomic mass is 35.5. The zero-order valence-electron chi connectivity index (χ0n) is 11.6. The number of benzene rings is 2. The molecule has 4 N–H and O–H groups in total. The minimum atomic E-state index is -0.313. The molecule has 5 heteroatoms. The highest BCUT2D eigenvalue weighted by molar-refractivity contribution is 6.33. The Bertz CT molecular complexity index is 589. The van der Waals surface area contributed by atoms with Crippen molar-refractivity contribution < 1.29 is 4.79 Å². The Balaban J connectivity index is 1.77. The van der Waals surface area contributed by atoms with Gasteiger partial charge in [-0.3, -0.25) is 0 Å². The molecular weight excluding hydrogens is 286 g/mol. The van der Waals surface area contributed by atoms with Crippen LogP contribution in [0, 0.1) is 0 Å². The van der Waals surface area contributed by atoms with Gasteiger partial charge in [-0.2, -0.15) is 0 Å². The number of halogens is 1. The molecule has 0 aliphatic carbocycles. The topological polar surface area (TPSA) is 67.1 Å². The summed E-state index contributed by atoms with van der Waals surface area (Å²) in [6.07, 6.45) is 0.715. The first kappa shape index (κ1) is 15.4. The third-order valence-electron chi connectivity index (χ3n) is 2.99. The molecule has 110 valence electrons. The summed E-state index contributed by atoms with van der Waals surface area (Å²) in [5.41, 5.74) is 7.74. The molecule has 1 atom stereocenters. The molecule has 0 fully saturated rings. The summed E-state index contributed by atoms with van der Waals surface area (Å²) >= 11 is 5.97. The maximum absolute atomic E-state index is 11.8. The predicted octanol–water partition coefficient (Wildman–Crippen LogP) is 3.03. The number of para-hydroxylation sites is 1. The van der Waals surface area contributed by atoms with E-state index >= 15 is 0 Å². The van der Waals surface area contributed by atoms with Crippen LogP contribution in [0.4, 0.5) is 10.5 Å². The van der Waals surface area contributed by atoms with E-state index in [1.807, 2.05) is 36.4 Å². The second kappa shape index (κ2) is 7.67. The van der Waals surface area contributed by atoms with Crippen LogP contribution in [-0.4, -0.2) is 18.6 Å². The van der Waals surface area contributed by atoms with Crippen molar-refractivity contribution in [2.45, 2.75) is 12.5 Å². The van der Waals surface area contributed by atoms with Crippen LogP contribution in [-0.2, 0) is 6.42 Å². The zero-order chi connectivity index (χ0) is 15.1. The van der Waals surface area contributed by atoms with E-state index in [1.54, 1.807) is 18.2 Å². The fourth-order valence-electron chi connectivity index (χ4n) is 1.94. The van der Waals surface area contributed by atoms with Gasteiger partial charge in [-0.05, 0) is 24.1 Å². The molecule has 21 heavy (non-hydrogen) atoms. The summed E-state index contributed by atoms with van der Waals surface area (Å²) in [4.78, 5) is 11.8. The number of rotatable bonds is 5. The van der Waals surface area contributed by atoms with Crippen molar-refractivity contribution in [3.63, 3.8) is 0 Å². The maximum Gasteiger partial charge on any atom is 0.319 e. The standard InChI is InChI=1S/C16H18ClN3O/c17-14-8-4-5-9-15(14)20-16(21)19-11-13(18)10-12-6-2-1-3-7-12/h1-9,13H,10-11,18H2,(H2,19,20,21)/t13-/m1/s1. The molecule has 0 unspecified atom stereocenters. The Labute approximate surface area is 129 Å². The molecule has 0 saturated carbocycles. The Hall–Kier alpha value is -2.04. The average Bonchev–Trinajstić information content (AvgIpc) is 2.49. The van der Waals surface area contributed by atoms with E-state index in [4.69, 9.17) is 17.3 Å². The van der Waals surface area contributed by atoms with Crippen LogP contribution in [0.25, 0.3) is 0 Å². The fraction of sp³-hybridized carbons (Fsp3) is 0.188. The third-order valence-corrected chi connectivity index (χ3v) is 3.32. The highest BCUT2D eigenvalue weighted by Crippen LogP contribution is 2.19. The van der Waals surface area contributed by atoms with E-state index < -0.39 is 0 Å². The average molecular weight is 304 g/mol. The van der Waals surface area contributed by atoms with E-state index in [0.29, 0.717) is 23.7 Å². The molecule has 2 amide bonds. The van der Waals surface area contributed by atoms with Crippen molar-refractivity contribution >= 4 is 23.3 Å². The monoisotopic (exact) mass is 303 g/mol. The van der Waals surface area contributed by atoms with Crippen LogP contribution < -0.4 is 16.4 Å². The number of anilines is 1. The van der Waals surface area contributed by atoms with Crippen LogP contribution in [0.5, 0.6) is 0 Å². The first-order valence-corrected chi connectivity index (χ1v) is 7.12. The minimum Gasteiger partial charge on any atom is -0.336 e. The Kier molecular flexibility index (Phi) is 5.60. The number of nitrogens with one attached hydrogen (secondary N) is 2. The van der Waals surface area contributed by atoms with Crippen molar-refractivity contribution in [2.24, 2.45) is 5.73 Å². The van der Waals surface area contributed by atoms with E-state index in [1.165, 1.54) is 0 Å². The molecule has 2 aromatic rings. The smallest absolute Gasteiger partial charge is 0.319 e. The molecule has 0 heterocycles. The van der Waals surface area contributed by atoms with Gasteiger partial charge in [0.2, 0.25) is 0 Å². The van der Waals surface area contributed by atoms with Crippen LogP contribution in [0.15, 0.2) is 54.6 Å². The van der Waals surface area contributed by atoms with Crippen molar-refractivity contribution in [1.82, 2.24) is 5.32 Å². The molecule has 0 radical (unpaired) electrons. The molecule has 0 aromatic heterocycles. The van der Waals surface area contributed by atoms with Gasteiger partial charge < -0.3 is 16.4 Å². The van der Waals surface area contributed by atoms with Crippen molar-refractivity contribution in [2.75, 3.05) is 11.9 Å². The summed E-state index contributed by atoms with van der Waals surface area (Å²) in [6, 6.07) is 16.6. The van der Waals surface area contributed by atoms with Crippen molar-refractivity contribution in [1.29, 1.82) is 0 Å². The van der Waals surface area contributed by atoms with Gasteiger partial charge in [-0.1, -0.05) is 54.1 Å². The molecular formula is C16H18ClN3O. The maximum atomic E-state index is 11.8. The zero-order valence-corrected chi connectivity index (χ0v) is 12.3. The molecule has 2 aromatic carbocycles. The lowest BCUT2D eigenvalue weighted by atomic mass is 10.1. The lowest BCUT2D eigenvalue weighted by Crippen LogP contribution is -2.40. The third kappa shape index (κ3) is 5.10. The quantitative estimate of drug-likeness (QED) is 0.795. The summed E-state index contributed by atoms with van der Waals surface area (Å²) in [5, 5.41) is 5.94. The lowest BCUT2D eigenvalue weighted by molar-refractivity contribution is 0.251. The number of hydrogen-bond acceptors (Lipinski definition) is 2. The molecule has 4 nitrogen and oxygen atoms in total. The number of hydrogen-bond donors (Lipinski definition) is 3. The second-order valence-electron chi connectivity index (χ2n) is 4.76. The van der Waals surface area contributed by atoms with E-state index in [-0.39, 0.29) is 12.1 Å². The van der Waals surface area contributed by atoms with E-state index in [2.05, 4.69) is 10.6 Å². The van der Waals surface area contributed by atoms with Gasteiger partial charge in [0, 0.05) is 12.6 Å². The van der Waals surface area contributed by atoms with Crippen LogP contribution in [0.1, 0.15) is 5.56 Å². The summed E-state index contributed by atoms with van der Waals surface area (Å²) in [7, 11) is 0. The SMILES string of the molecule is N[C@@H](CNC(=O)Nc1ccccc1Cl)Cc1ccccc1. The van der Waals surface area contributed by atoms with Crippen molar-refractivity contribution in [3.8, 4) is 0 Å². The van der Waals surface area contributed by atoms with Gasteiger partial charge in [-0.25, -0.2) is 4.79 Å². The van der Waals surface area contributed by atoms with Crippen LogP contribution in [0.3, 0.4) is 0 Å². The van der Waals surface area contributed by atoms with Crippen molar-refractivity contribution in [3.05, 3.63) is 65.2 Å². The van der Waals surface area contributed by atoms with Crippen LogP contribution in [0.2, 0.25) is 5.02 Å². The van der Waals surface area contributed by atoms with Gasteiger partial charge in [-0.15, -0.1) is 0 Å². The highest BCUT2D eigenvalue weighted by Gasteiger charge is 2.08. The lowest BCUT2D eigenvalue weighted by Gasteiger charge is -2.14. The largest absolute Gasteiger partial charge is 0.336 e. The van der Waals surface area contributed by atoms with E-state index in [9.17, 15) is 4.79 Å². The first-order valence-electron chi connectivity index (χ1n) is 6.74. The van der Waals surface area contributed by atoms with Gasteiger partial charge in [0.15, 0.2) is 0 Å². The first-order chi connectivity index (χ1) is 10.1. The fourth-order valence-corrected chi connectivity index (χ4v) is 2.12. The number of amides is 2. The van der Waals surface area contributed by atoms with Crippen LogP contribution >= 0.6 is 11.6 Å². The molecule has 0 bridgehead atoms. The summed E-state index contributed by atoms with van der Waals surface area (Å²) < 4.78 is 0. The van der Waals surface area contributed by atoms with Gasteiger partial charge in [0.1, 0.15) is 0 Å². The molecule has 0 aliphatic rings. The summed E-state index contributed by atoms with van der Waals surface area (Å²) in [6.45, 7) is 0.394.